The molecule has 35 heavy (non-hydrogen) atoms. The third-order valence-corrected chi connectivity index (χ3v) is 7.59. The van der Waals surface area contributed by atoms with Gasteiger partial charge >= 0.3 is 0 Å². The lowest BCUT2D eigenvalue weighted by Crippen LogP contribution is -2.24. The van der Waals surface area contributed by atoms with Crippen LogP contribution in [-0.4, -0.2) is 36.7 Å². The first-order valence-corrected chi connectivity index (χ1v) is 12.8. The zero-order chi connectivity index (χ0) is 23.9. The smallest absolute Gasteiger partial charge is 0.298 e. The number of rotatable bonds is 8. The molecule has 184 valence electrons. The van der Waals surface area contributed by atoms with Crippen LogP contribution in [0, 0.1) is 17.8 Å². The predicted molar refractivity (Wildman–Crippen MR) is 134 cm³/mol. The highest BCUT2D eigenvalue weighted by Gasteiger charge is 2.43. The van der Waals surface area contributed by atoms with E-state index in [2.05, 4.69) is 10.2 Å². The lowest BCUT2D eigenvalue weighted by Gasteiger charge is -2.19. The molecule has 6 rings (SSSR count). The third-order valence-electron chi connectivity index (χ3n) is 7.59. The maximum Gasteiger partial charge on any atom is 0.298 e. The van der Waals surface area contributed by atoms with Crippen LogP contribution in [0.4, 0.5) is 6.01 Å². The number of benzene rings is 2. The molecule has 2 aliphatic carbocycles. The summed E-state index contributed by atoms with van der Waals surface area (Å²) in [6.45, 7) is 6.20. The minimum absolute atomic E-state index is 0.0450. The summed E-state index contributed by atoms with van der Waals surface area (Å²) in [5, 5.41) is 2.92. The van der Waals surface area contributed by atoms with Gasteiger partial charge in [-0.2, -0.15) is 4.98 Å². The topological polar surface area (TPSA) is 76.8 Å². The van der Waals surface area contributed by atoms with E-state index < -0.39 is 0 Å². The number of hydrogen-bond acceptors (Lipinski definition) is 6. The van der Waals surface area contributed by atoms with Crippen LogP contribution >= 0.6 is 0 Å². The molecule has 7 nitrogen and oxygen atoms in total. The number of fused-ring (bicyclic) bond motifs is 2. The molecule has 1 aromatic heterocycles. The van der Waals surface area contributed by atoms with Crippen LogP contribution in [0.15, 0.2) is 46.9 Å². The molecule has 2 saturated carbocycles. The Balaban J connectivity index is 1.06. The fourth-order valence-electron chi connectivity index (χ4n) is 5.55. The molecule has 1 saturated heterocycles. The Hall–Kier alpha value is -3.22. The highest BCUT2D eigenvalue weighted by atomic mass is 16.5. The van der Waals surface area contributed by atoms with Crippen molar-refractivity contribution in [2.24, 2.45) is 17.8 Å². The minimum Gasteiger partial charge on any atom is -0.493 e. The molecule has 3 atom stereocenters. The van der Waals surface area contributed by atoms with Crippen molar-refractivity contribution in [3.05, 3.63) is 48.0 Å². The summed E-state index contributed by atoms with van der Waals surface area (Å²) in [6.07, 6.45) is 4.92. The number of hydrogen-bond donors (Lipinski definition) is 1. The van der Waals surface area contributed by atoms with Gasteiger partial charge in [0.05, 0.1) is 18.8 Å². The van der Waals surface area contributed by atoms with Gasteiger partial charge in [-0.25, -0.2) is 0 Å². The molecule has 3 aromatic rings. The van der Waals surface area contributed by atoms with Crippen LogP contribution in [0.3, 0.4) is 0 Å². The first kappa shape index (κ1) is 22.3. The zero-order valence-corrected chi connectivity index (χ0v) is 20.4. The Bertz CT molecular complexity index is 1210. The summed E-state index contributed by atoms with van der Waals surface area (Å²) < 4.78 is 18.4. The van der Waals surface area contributed by atoms with E-state index in [0.717, 1.165) is 66.6 Å². The van der Waals surface area contributed by atoms with Crippen molar-refractivity contribution in [1.82, 2.24) is 10.3 Å². The molecule has 1 N–H and O–H groups in total. The van der Waals surface area contributed by atoms with E-state index in [0.29, 0.717) is 17.9 Å². The molecule has 3 aliphatic rings. The van der Waals surface area contributed by atoms with E-state index >= 15 is 0 Å². The van der Waals surface area contributed by atoms with Gasteiger partial charge in [0.15, 0.2) is 5.58 Å². The van der Waals surface area contributed by atoms with Gasteiger partial charge in [0.25, 0.3) is 6.01 Å². The van der Waals surface area contributed by atoms with Crippen molar-refractivity contribution in [2.75, 3.05) is 24.6 Å². The summed E-state index contributed by atoms with van der Waals surface area (Å²) in [4.78, 5) is 18.4. The average molecular weight is 476 g/mol. The van der Waals surface area contributed by atoms with Crippen LogP contribution < -0.4 is 19.7 Å². The number of anilines is 1. The lowest BCUT2D eigenvalue weighted by molar-refractivity contribution is -0.119. The summed E-state index contributed by atoms with van der Waals surface area (Å²) in [7, 11) is 0. The predicted octanol–water partition coefficient (Wildman–Crippen LogP) is 5.11. The second-order valence-corrected chi connectivity index (χ2v) is 10.5. The summed E-state index contributed by atoms with van der Waals surface area (Å²) >= 11 is 0. The highest BCUT2D eigenvalue weighted by Crippen LogP contribution is 2.42. The number of carbonyl (C=O) groups is 1. The van der Waals surface area contributed by atoms with E-state index in [-0.39, 0.29) is 18.1 Å². The molecule has 0 spiro atoms. The summed E-state index contributed by atoms with van der Waals surface area (Å²) in [5.74, 6) is 3.68. The van der Waals surface area contributed by atoms with E-state index in [1.807, 2.05) is 49.4 Å². The molecular weight excluding hydrogens is 442 g/mol. The molecule has 1 amide bonds. The number of carbonyl (C=O) groups excluding carboxylic acids is 1. The van der Waals surface area contributed by atoms with Crippen molar-refractivity contribution >= 4 is 23.0 Å². The maximum atomic E-state index is 11.4. The molecule has 3 fully saturated rings. The lowest BCUT2D eigenvalue weighted by atomic mass is 10.0. The average Bonchev–Trinajstić information content (AvgIpc) is 3.24. The maximum absolute atomic E-state index is 11.4. The Morgan fingerprint density at radius 3 is 2.66 bits per heavy atom. The fourth-order valence-corrected chi connectivity index (χ4v) is 5.55. The van der Waals surface area contributed by atoms with E-state index in [1.165, 1.54) is 19.8 Å². The largest absolute Gasteiger partial charge is 0.493 e. The fraction of sp³-hybridized carbons (Fsp3) is 0.500. The van der Waals surface area contributed by atoms with Crippen LogP contribution in [0.25, 0.3) is 11.1 Å². The van der Waals surface area contributed by atoms with E-state index in [1.54, 1.807) is 0 Å². The van der Waals surface area contributed by atoms with E-state index in [4.69, 9.17) is 18.9 Å². The first-order chi connectivity index (χ1) is 17.0. The van der Waals surface area contributed by atoms with Crippen molar-refractivity contribution in [3.8, 4) is 11.5 Å². The van der Waals surface area contributed by atoms with Crippen molar-refractivity contribution < 1.29 is 18.7 Å². The number of oxazole rings is 1. The van der Waals surface area contributed by atoms with Crippen LogP contribution in [-0.2, 0) is 4.79 Å². The molecule has 1 aliphatic heterocycles. The van der Waals surface area contributed by atoms with Gasteiger partial charge in [-0.1, -0.05) is 12.1 Å². The van der Waals surface area contributed by atoms with Crippen LogP contribution in [0.1, 0.15) is 51.1 Å². The van der Waals surface area contributed by atoms with Crippen molar-refractivity contribution in [1.29, 1.82) is 0 Å². The summed E-state index contributed by atoms with van der Waals surface area (Å²) in [5.41, 5.74) is 2.62. The standard InChI is InChI=1S/C28H33N3O4/c1-17(29-18(2)32)20-8-9-26-27(12-20)35-28(30-26)31-14-21-10-25(11-22(21)15-31)34-24-5-3-4-23(13-24)33-16-19-6-7-19/h3-5,8-9,12-13,17,19,21-22,25H,6-7,10-11,14-16H2,1-2H3,(H,29,32). The Labute approximate surface area is 205 Å². The number of ether oxygens (including phenoxy) is 2. The minimum atomic E-state index is -0.0704. The van der Waals surface area contributed by atoms with Gasteiger partial charge in [-0.05, 0) is 80.2 Å². The van der Waals surface area contributed by atoms with Gasteiger partial charge in [0, 0.05) is 26.1 Å². The van der Waals surface area contributed by atoms with Gasteiger partial charge in [-0.15, -0.1) is 0 Å². The van der Waals surface area contributed by atoms with Gasteiger partial charge in [0.2, 0.25) is 5.91 Å². The number of aromatic nitrogens is 1. The second kappa shape index (κ2) is 9.10. The van der Waals surface area contributed by atoms with Crippen molar-refractivity contribution in [2.45, 2.75) is 51.7 Å². The molecular formula is C28H33N3O4. The van der Waals surface area contributed by atoms with Crippen LogP contribution in [0.2, 0.25) is 0 Å². The van der Waals surface area contributed by atoms with Gasteiger partial charge < -0.3 is 24.1 Å². The third kappa shape index (κ3) is 4.95. The number of nitrogens with zero attached hydrogens (tertiary/aromatic N) is 2. The van der Waals surface area contributed by atoms with Crippen LogP contribution in [0.5, 0.6) is 11.5 Å². The first-order valence-electron chi connectivity index (χ1n) is 12.8. The molecule has 0 radical (unpaired) electrons. The summed E-state index contributed by atoms with van der Waals surface area (Å²) in [6, 6.07) is 14.7. The zero-order valence-electron chi connectivity index (χ0n) is 20.4. The molecule has 2 aromatic carbocycles. The van der Waals surface area contributed by atoms with Gasteiger partial charge in [-0.3, -0.25) is 4.79 Å². The Kier molecular flexibility index (Phi) is 5.78. The van der Waals surface area contributed by atoms with Crippen molar-refractivity contribution in [3.63, 3.8) is 0 Å². The Morgan fingerprint density at radius 2 is 1.91 bits per heavy atom. The number of nitrogens with one attached hydrogen (secondary N) is 1. The quantitative estimate of drug-likeness (QED) is 0.488. The molecule has 0 bridgehead atoms. The van der Waals surface area contributed by atoms with E-state index in [9.17, 15) is 4.79 Å². The SMILES string of the molecule is CC(=O)NC(C)c1ccc2nc(N3CC4CC(Oc5cccc(OCC6CC6)c5)CC4C3)oc2c1. The highest BCUT2D eigenvalue weighted by molar-refractivity contribution is 5.77. The molecule has 2 heterocycles. The second-order valence-electron chi connectivity index (χ2n) is 10.5. The molecule has 3 unspecified atom stereocenters. The van der Waals surface area contributed by atoms with Gasteiger partial charge in [0.1, 0.15) is 17.0 Å². The Morgan fingerprint density at radius 1 is 1.14 bits per heavy atom. The normalized spacial score (nSPS) is 24.4. The number of amides is 1. The molecule has 7 heteroatoms. The monoisotopic (exact) mass is 475 g/mol.